The van der Waals surface area contributed by atoms with Crippen molar-refractivity contribution in [2.75, 3.05) is 17.2 Å². The summed E-state index contributed by atoms with van der Waals surface area (Å²) in [4.78, 5) is 23.9. The summed E-state index contributed by atoms with van der Waals surface area (Å²) in [7, 11) is 0. The molecule has 10 nitrogen and oxygen atoms in total. The van der Waals surface area contributed by atoms with Gasteiger partial charge in [-0.3, -0.25) is 15.2 Å². The molecular weight excluding hydrogens is 266 g/mol. The van der Waals surface area contributed by atoms with Gasteiger partial charge in [-0.25, -0.2) is 4.79 Å². The monoisotopic (exact) mass is 279 g/mol. The molecule has 0 aliphatic heterocycles. The fourth-order valence-corrected chi connectivity index (χ4v) is 1.35. The maximum atomic E-state index is 11.6. The van der Waals surface area contributed by atoms with Gasteiger partial charge in [-0.05, 0) is 6.92 Å². The lowest BCUT2D eigenvalue weighted by Crippen LogP contribution is -2.21. The molecule has 20 heavy (non-hydrogen) atoms. The van der Waals surface area contributed by atoms with Gasteiger partial charge in [0.1, 0.15) is 12.4 Å². The Balaban J connectivity index is 1.86. The minimum absolute atomic E-state index is 0.0937. The number of nitrogens with one attached hydrogen (secondary N) is 3. The molecule has 2 aromatic rings. The van der Waals surface area contributed by atoms with Gasteiger partial charge in [0.15, 0.2) is 5.82 Å². The quantitative estimate of drug-likeness (QED) is 0.718. The molecule has 3 N–H and O–H groups in total. The maximum absolute atomic E-state index is 11.6. The van der Waals surface area contributed by atoms with E-state index in [2.05, 4.69) is 35.8 Å². The highest BCUT2D eigenvalue weighted by Gasteiger charge is 2.09. The molecule has 0 saturated carbocycles. The molecule has 0 aliphatic carbocycles. The molecule has 0 radical (unpaired) electrons. The molecule has 0 atom stereocenters. The number of aromatic amines is 1. The van der Waals surface area contributed by atoms with Crippen LogP contribution in [-0.4, -0.2) is 43.8 Å². The molecule has 0 aliphatic rings. The first-order valence-electron chi connectivity index (χ1n) is 5.80. The fraction of sp³-hybridized carbons (Fsp3) is 0.300. The van der Waals surface area contributed by atoms with Gasteiger partial charge in [0.25, 0.3) is 0 Å². The number of anilines is 2. The van der Waals surface area contributed by atoms with Crippen LogP contribution in [0.2, 0.25) is 0 Å². The number of hydrogen-bond donors (Lipinski definition) is 3. The van der Waals surface area contributed by atoms with E-state index in [1.807, 2.05) is 0 Å². The minimum Gasteiger partial charge on any atom is -0.450 e. The summed E-state index contributed by atoms with van der Waals surface area (Å²) in [6.45, 7) is 1.85. The number of carbonyl (C=O) groups is 2. The van der Waals surface area contributed by atoms with Gasteiger partial charge >= 0.3 is 6.09 Å². The Morgan fingerprint density at radius 2 is 2.30 bits per heavy atom. The first-order chi connectivity index (χ1) is 9.67. The van der Waals surface area contributed by atoms with E-state index in [0.717, 1.165) is 4.80 Å². The van der Waals surface area contributed by atoms with Crippen molar-refractivity contribution in [3.05, 3.63) is 18.5 Å². The van der Waals surface area contributed by atoms with Crippen molar-refractivity contribution in [2.24, 2.45) is 0 Å². The third-order valence-corrected chi connectivity index (χ3v) is 2.10. The number of aromatic nitrogens is 5. The summed E-state index contributed by atoms with van der Waals surface area (Å²) in [6.07, 6.45) is 2.21. The summed E-state index contributed by atoms with van der Waals surface area (Å²) in [5, 5.41) is 19.0. The molecule has 0 unspecified atom stereocenters. The van der Waals surface area contributed by atoms with Crippen LogP contribution in [0.1, 0.15) is 6.92 Å². The van der Waals surface area contributed by atoms with Crippen molar-refractivity contribution in [3.63, 3.8) is 0 Å². The second kappa shape index (κ2) is 6.31. The van der Waals surface area contributed by atoms with Crippen molar-refractivity contribution in [1.82, 2.24) is 25.2 Å². The van der Waals surface area contributed by atoms with E-state index in [-0.39, 0.29) is 24.9 Å². The average Bonchev–Trinajstić information content (AvgIpc) is 3.02. The predicted octanol–water partition coefficient (Wildman–Crippen LogP) is 0.208. The topological polar surface area (TPSA) is 127 Å². The van der Waals surface area contributed by atoms with Crippen LogP contribution in [0.25, 0.3) is 0 Å². The van der Waals surface area contributed by atoms with E-state index in [4.69, 9.17) is 0 Å². The predicted molar refractivity (Wildman–Crippen MR) is 67.9 cm³/mol. The van der Waals surface area contributed by atoms with Crippen molar-refractivity contribution >= 4 is 23.6 Å². The zero-order valence-electron chi connectivity index (χ0n) is 10.7. The Bertz CT molecular complexity index is 577. The van der Waals surface area contributed by atoms with Crippen molar-refractivity contribution in [1.29, 1.82) is 0 Å². The van der Waals surface area contributed by atoms with Crippen LogP contribution in [0.4, 0.5) is 16.4 Å². The second-order valence-electron chi connectivity index (χ2n) is 3.62. The van der Waals surface area contributed by atoms with Crippen molar-refractivity contribution < 1.29 is 14.3 Å². The number of carbonyl (C=O) groups excluding carboxylic acids is 2. The third kappa shape index (κ3) is 3.80. The Labute approximate surface area is 113 Å². The first kappa shape index (κ1) is 13.5. The fourth-order valence-electron chi connectivity index (χ4n) is 1.35. The summed E-state index contributed by atoms with van der Waals surface area (Å²) in [6, 6.07) is 1.61. The summed E-state index contributed by atoms with van der Waals surface area (Å²) < 4.78 is 4.69. The number of amides is 2. The van der Waals surface area contributed by atoms with Crippen molar-refractivity contribution in [3.8, 4) is 0 Å². The van der Waals surface area contributed by atoms with Gasteiger partial charge < -0.3 is 10.1 Å². The SMILES string of the molecule is CCOC(=O)Nc1cnn(CC(=O)Nc2ccn[nH]2)n1. The van der Waals surface area contributed by atoms with Crippen LogP contribution < -0.4 is 10.6 Å². The molecule has 0 spiro atoms. The van der Waals surface area contributed by atoms with Gasteiger partial charge in [0.05, 0.1) is 19.0 Å². The first-order valence-corrected chi connectivity index (χ1v) is 5.80. The van der Waals surface area contributed by atoms with Crippen LogP contribution >= 0.6 is 0 Å². The van der Waals surface area contributed by atoms with Gasteiger partial charge in [0.2, 0.25) is 5.91 Å². The largest absolute Gasteiger partial charge is 0.450 e. The second-order valence-corrected chi connectivity index (χ2v) is 3.62. The average molecular weight is 279 g/mol. The zero-order valence-corrected chi connectivity index (χ0v) is 10.7. The van der Waals surface area contributed by atoms with Crippen molar-refractivity contribution in [2.45, 2.75) is 13.5 Å². The van der Waals surface area contributed by atoms with E-state index in [9.17, 15) is 9.59 Å². The lowest BCUT2D eigenvalue weighted by Gasteiger charge is -2.02. The van der Waals surface area contributed by atoms with Crippen LogP contribution in [0.5, 0.6) is 0 Å². The van der Waals surface area contributed by atoms with Crippen LogP contribution in [0.15, 0.2) is 18.5 Å². The molecule has 106 valence electrons. The summed E-state index contributed by atoms with van der Waals surface area (Å²) in [5.41, 5.74) is 0. The molecule has 0 fully saturated rings. The summed E-state index contributed by atoms with van der Waals surface area (Å²) >= 11 is 0. The molecule has 2 rings (SSSR count). The minimum atomic E-state index is -0.624. The molecule has 0 bridgehead atoms. The molecular formula is C10H13N7O3. The van der Waals surface area contributed by atoms with Gasteiger partial charge in [-0.15, -0.1) is 5.10 Å². The highest BCUT2D eigenvalue weighted by atomic mass is 16.5. The molecule has 0 saturated heterocycles. The Hall–Kier alpha value is -2.91. The Morgan fingerprint density at radius 3 is 3.00 bits per heavy atom. The molecule has 2 aromatic heterocycles. The molecule has 10 heteroatoms. The lowest BCUT2D eigenvalue weighted by atomic mass is 10.5. The lowest BCUT2D eigenvalue weighted by molar-refractivity contribution is -0.117. The third-order valence-electron chi connectivity index (χ3n) is 2.10. The maximum Gasteiger partial charge on any atom is 0.412 e. The van der Waals surface area contributed by atoms with E-state index in [1.54, 1.807) is 13.0 Å². The Morgan fingerprint density at radius 1 is 1.45 bits per heavy atom. The molecule has 0 aromatic carbocycles. The van der Waals surface area contributed by atoms with E-state index in [1.165, 1.54) is 12.4 Å². The van der Waals surface area contributed by atoms with Gasteiger partial charge in [-0.1, -0.05) is 0 Å². The molecule has 2 amide bonds. The standard InChI is InChI=1S/C10H13N7O3/c1-2-20-10(19)14-8-5-12-17(16-8)6-9(18)13-7-3-4-11-15-7/h3-5H,2,6H2,1H3,(H,14,16,19)(H2,11,13,15,18). The number of nitrogens with zero attached hydrogens (tertiary/aromatic N) is 4. The highest BCUT2D eigenvalue weighted by Crippen LogP contribution is 2.01. The van der Waals surface area contributed by atoms with Crippen LogP contribution in [0.3, 0.4) is 0 Å². The highest BCUT2D eigenvalue weighted by molar-refractivity contribution is 5.89. The normalized spacial score (nSPS) is 10.1. The van der Waals surface area contributed by atoms with E-state index < -0.39 is 6.09 Å². The number of hydrogen-bond acceptors (Lipinski definition) is 6. The smallest absolute Gasteiger partial charge is 0.412 e. The van der Waals surface area contributed by atoms with Gasteiger partial charge in [-0.2, -0.15) is 15.0 Å². The number of H-pyrrole nitrogens is 1. The van der Waals surface area contributed by atoms with E-state index >= 15 is 0 Å². The van der Waals surface area contributed by atoms with Gasteiger partial charge in [0, 0.05) is 6.07 Å². The number of rotatable bonds is 5. The Kier molecular flexibility index (Phi) is 4.27. The molecule has 2 heterocycles. The zero-order chi connectivity index (χ0) is 14.4. The van der Waals surface area contributed by atoms with E-state index in [0.29, 0.717) is 5.82 Å². The van der Waals surface area contributed by atoms with Crippen LogP contribution in [0, 0.1) is 0 Å². The van der Waals surface area contributed by atoms with Crippen LogP contribution in [-0.2, 0) is 16.1 Å². The summed E-state index contributed by atoms with van der Waals surface area (Å²) in [5.74, 6) is 0.359. The number of ether oxygens (including phenoxy) is 1.